The molecule has 2 aromatic rings. The van der Waals surface area contributed by atoms with E-state index in [-0.39, 0.29) is 29.5 Å². The van der Waals surface area contributed by atoms with Crippen molar-refractivity contribution in [1.29, 1.82) is 0 Å². The van der Waals surface area contributed by atoms with E-state index in [4.69, 9.17) is 0 Å². The third-order valence-electron chi connectivity index (χ3n) is 5.24. The minimum Gasteiger partial charge on any atom is -1.00 e. The van der Waals surface area contributed by atoms with E-state index in [1.54, 1.807) is 0 Å². The lowest BCUT2D eigenvalue weighted by atomic mass is 9.94. The first-order chi connectivity index (χ1) is 11.7. The topological polar surface area (TPSA) is 0 Å². The largest absolute Gasteiger partial charge is 1.00 e. The summed E-state index contributed by atoms with van der Waals surface area (Å²) in [4.78, 5) is 0. The van der Waals surface area contributed by atoms with Gasteiger partial charge in [-0.3, -0.25) is 0 Å². The molecule has 26 heavy (non-hydrogen) atoms. The van der Waals surface area contributed by atoms with E-state index < -0.39 is 0 Å². The molecular formula is C24H32IN. The maximum atomic E-state index is 3.38. The molecule has 0 N–H and O–H groups in total. The molecule has 0 bridgehead atoms. The normalized spacial score (nSPS) is 13.2. The lowest BCUT2D eigenvalue weighted by Gasteiger charge is -2.37. The highest BCUT2D eigenvalue weighted by Gasteiger charge is 2.30. The zero-order chi connectivity index (χ0) is 18.5. The molecule has 1 unspecified atom stereocenters. The van der Waals surface area contributed by atoms with Crippen LogP contribution in [0.2, 0.25) is 0 Å². The molecule has 0 aliphatic heterocycles. The van der Waals surface area contributed by atoms with Crippen LogP contribution in [0.15, 0.2) is 54.6 Å². The molecule has 0 aliphatic rings. The quantitative estimate of drug-likeness (QED) is 0.365. The van der Waals surface area contributed by atoms with Crippen molar-refractivity contribution >= 4 is 10.8 Å². The van der Waals surface area contributed by atoms with Crippen LogP contribution in [0.4, 0.5) is 0 Å². The van der Waals surface area contributed by atoms with Crippen LogP contribution >= 0.6 is 0 Å². The number of halogens is 1. The van der Waals surface area contributed by atoms with Gasteiger partial charge in [-0.1, -0.05) is 61.4 Å². The Morgan fingerprint density at radius 1 is 1.04 bits per heavy atom. The fraction of sp³-hybridized carbons (Fsp3) is 0.417. The summed E-state index contributed by atoms with van der Waals surface area (Å²) in [5, 5.41) is 2.71. The summed E-state index contributed by atoms with van der Waals surface area (Å²) < 4.78 is 0.839. The van der Waals surface area contributed by atoms with Gasteiger partial charge in [0.25, 0.3) is 0 Å². The Kier molecular flexibility index (Phi) is 8.37. The average molecular weight is 461 g/mol. The predicted molar refractivity (Wildman–Crippen MR) is 110 cm³/mol. The average Bonchev–Trinajstić information content (AvgIpc) is 2.54. The molecule has 0 radical (unpaired) electrons. The molecule has 0 aliphatic carbocycles. The van der Waals surface area contributed by atoms with Crippen molar-refractivity contribution in [2.75, 3.05) is 21.1 Å². The van der Waals surface area contributed by atoms with Crippen LogP contribution in [0, 0.1) is 17.8 Å². The van der Waals surface area contributed by atoms with Gasteiger partial charge in [-0.25, -0.2) is 0 Å². The zero-order valence-corrected chi connectivity index (χ0v) is 19.2. The van der Waals surface area contributed by atoms with Gasteiger partial charge >= 0.3 is 0 Å². The third-order valence-corrected chi connectivity index (χ3v) is 5.24. The van der Waals surface area contributed by atoms with E-state index >= 15 is 0 Å². The molecular weight excluding hydrogens is 429 g/mol. The summed E-state index contributed by atoms with van der Waals surface area (Å²) in [7, 11) is 6.56. The Hall–Kier alpha value is -1.31. The van der Waals surface area contributed by atoms with E-state index in [2.05, 4.69) is 102 Å². The highest BCUT2D eigenvalue weighted by atomic mass is 127. The summed E-state index contributed by atoms with van der Waals surface area (Å²) in [6.07, 6.45) is 6.40. The van der Waals surface area contributed by atoms with E-state index in [9.17, 15) is 0 Å². The van der Waals surface area contributed by atoms with Crippen molar-refractivity contribution in [3.8, 4) is 11.8 Å². The number of rotatable bonds is 5. The molecule has 0 fully saturated rings. The van der Waals surface area contributed by atoms with Gasteiger partial charge in [0.1, 0.15) is 0 Å². The third kappa shape index (κ3) is 6.14. The highest BCUT2D eigenvalue weighted by molar-refractivity contribution is 5.85. The fourth-order valence-electron chi connectivity index (χ4n) is 2.67. The van der Waals surface area contributed by atoms with Crippen molar-refractivity contribution in [3.63, 3.8) is 0 Å². The van der Waals surface area contributed by atoms with Gasteiger partial charge in [0, 0.05) is 13.8 Å². The molecule has 2 aromatic carbocycles. The van der Waals surface area contributed by atoms with Gasteiger partial charge in [-0.15, -0.1) is 0 Å². The van der Waals surface area contributed by atoms with Crippen molar-refractivity contribution in [2.45, 2.75) is 39.2 Å². The highest BCUT2D eigenvalue weighted by Crippen LogP contribution is 2.22. The van der Waals surface area contributed by atoms with E-state index in [0.29, 0.717) is 5.92 Å². The van der Waals surface area contributed by atoms with Gasteiger partial charge in [-0.2, -0.15) is 0 Å². The van der Waals surface area contributed by atoms with Crippen molar-refractivity contribution in [3.05, 3.63) is 60.2 Å². The molecule has 2 heteroatoms. The first kappa shape index (κ1) is 22.7. The predicted octanol–water partition coefficient (Wildman–Crippen LogP) is 2.46. The molecule has 0 amide bonds. The van der Waals surface area contributed by atoms with Crippen LogP contribution in [0.1, 0.15) is 32.8 Å². The second-order valence-electron chi connectivity index (χ2n) is 8.43. The van der Waals surface area contributed by atoms with Crippen molar-refractivity contribution in [1.82, 2.24) is 0 Å². The summed E-state index contributed by atoms with van der Waals surface area (Å²) in [5.74, 6) is 7.22. The van der Waals surface area contributed by atoms with Crippen LogP contribution in [-0.4, -0.2) is 31.2 Å². The number of hydrogen-bond donors (Lipinski definition) is 0. The lowest BCUT2D eigenvalue weighted by molar-refractivity contribution is -0.909. The van der Waals surface area contributed by atoms with E-state index in [1.807, 2.05) is 6.08 Å². The SMILES string of the molecule is CC(C/C=C/C#CC(C)(C)[N+](C)(C)C)Cc1cccc2ccccc12.[I-]. The maximum absolute atomic E-state index is 3.38. The van der Waals surface area contributed by atoms with Crippen LogP contribution in [0.25, 0.3) is 10.8 Å². The lowest BCUT2D eigenvalue weighted by Crippen LogP contribution is -3.00. The fourth-order valence-corrected chi connectivity index (χ4v) is 2.67. The van der Waals surface area contributed by atoms with Crippen LogP contribution in [0.3, 0.4) is 0 Å². The van der Waals surface area contributed by atoms with E-state index in [0.717, 1.165) is 17.3 Å². The Morgan fingerprint density at radius 2 is 1.69 bits per heavy atom. The van der Waals surface area contributed by atoms with E-state index in [1.165, 1.54) is 16.3 Å². The van der Waals surface area contributed by atoms with Gasteiger partial charge in [0.2, 0.25) is 0 Å². The van der Waals surface area contributed by atoms with Gasteiger partial charge in [0.05, 0.1) is 21.1 Å². The zero-order valence-electron chi connectivity index (χ0n) is 17.0. The number of benzene rings is 2. The Bertz CT molecular complexity index is 795. The molecule has 0 saturated carbocycles. The summed E-state index contributed by atoms with van der Waals surface area (Å²) in [5.41, 5.74) is 1.40. The van der Waals surface area contributed by atoms with Crippen LogP contribution in [-0.2, 0) is 6.42 Å². The molecule has 0 spiro atoms. The second-order valence-corrected chi connectivity index (χ2v) is 8.43. The Morgan fingerprint density at radius 3 is 2.38 bits per heavy atom. The smallest absolute Gasteiger partial charge is 0.154 e. The summed E-state index contributed by atoms with van der Waals surface area (Å²) >= 11 is 0. The molecule has 0 heterocycles. The van der Waals surface area contributed by atoms with Crippen LogP contribution < -0.4 is 24.0 Å². The minimum atomic E-state index is -0.0427. The number of quaternary nitrogens is 1. The summed E-state index contributed by atoms with van der Waals surface area (Å²) in [6, 6.07) is 15.3. The first-order valence-corrected chi connectivity index (χ1v) is 9.16. The van der Waals surface area contributed by atoms with Crippen molar-refractivity contribution in [2.24, 2.45) is 5.92 Å². The standard InChI is InChI=1S/C24H32N.HI/c1-20(13-8-7-11-18-24(2,3)25(4,5)6)19-22-16-12-15-21-14-9-10-17-23(21)22;/h7-10,12,14-17,20H,13,19H2,1-6H3;1H/q+1;/p-1/b8-7+;. The number of hydrogen-bond acceptors (Lipinski definition) is 0. The molecule has 140 valence electrons. The first-order valence-electron chi connectivity index (χ1n) is 9.16. The molecule has 0 aromatic heterocycles. The number of allylic oxidation sites excluding steroid dienone is 2. The molecule has 0 saturated heterocycles. The van der Waals surface area contributed by atoms with Gasteiger partial charge in [0.15, 0.2) is 5.54 Å². The monoisotopic (exact) mass is 461 g/mol. The molecule has 1 nitrogen and oxygen atoms in total. The molecule has 2 rings (SSSR count). The Balaban J connectivity index is 0.00000338. The van der Waals surface area contributed by atoms with Gasteiger partial charge < -0.3 is 28.5 Å². The number of fused-ring (bicyclic) bond motifs is 1. The van der Waals surface area contributed by atoms with Gasteiger partial charge in [-0.05, 0) is 47.1 Å². The molecule has 1 atom stereocenters. The second kappa shape index (κ2) is 9.58. The Labute approximate surface area is 177 Å². The minimum absolute atomic E-state index is 0. The maximum Gasteiger partial charge on any atom is 0.154 e. The number of nitrogens with zero attached hydrogens (tertiary/aromatic N) is 1. The van der Waals surface area contributed by atoms with Crippen LogP contribution in [0.5, 0.6) is 0 Å². The summed E-state index contributed by atoms with van der Waals surface area (Å²) in [6.45, 7) is 6.70. The van der Waals surface area contributed by atoms with Crippen molar-refractivity contribution < 1.29 is 28.5 Å².